The van der Waals surface area contributed by atoms with Crippen molar-refractivity contribution in [2.24, 2.45) is 0 Å². The van der Waals surface area contributed by atoms with Crippen LogP contribution in [-0.2, 0) is 14.3 Å². The van der Waals surface area contributed by atoms with Gasteiger partial charge in [-0.05, 0) is 48.9 Å². The van der Waals surface area contributed by atoms with Gasteiger partial charge < -0.3 is 20.5 Å². The molecule has 24 heavy (non-hydrogen) atoms. The molecule has 0 fully saturated rings. The maximum Gasteiger partial charge on any atom is 0.337 e. The average molecular weight is 328 g/mol. The first-order valence-corrected chi connectivity index (χ1v) is 7.01. The highest BCUT2D eigenvalue weighted by molar-refractivity contribution is 6.43. The fourth-order valence-corrected chi connectivity index (χ4v) is 1.92. The minimum absolute atomic E-state index is 0.126. The third kappa shape index (κ3) is 4.10. The fraction of sp³-hybridized carbons (Fsp3) is 0.118. The molecule has 124 valence electrons. The number of nitrogens with one attached hydrogen (secondary N) is 2. The van der Waals surface area contributed by atoms with E-state index in [1.807, 2.05) is 0 Å². The molecule has 0 unspecified atom stereocenters. The number of aryl methyl sites for hydroxylation is 1. The molecular weight excluding hydrogens is 312 g/mol. The van der Waals surface area contributed by atoms with E-state index >= 15 is 0 Å². The van der Waals surface area contributed by atoms with Crippen molar-refractivity contribution >= 4 is 29.2 Å². The molecule has 0 aromatic heterocycles. The van der Waals surface area contributed by atoms with Crippen LogP contribution in [0, 0.1) is 6.92 Å². The average Bonchev–Trinajstić information content (AvgIpc) is 2.57. The maximum atomic E-state index is 11.9. The molecule has 2 rings (SSSR count). The largest absolute Gasteiger partial charge is 0.506 e. The molecule has 0 radical (unpaired) electrons. The Morgan fingerprint density at radius 2 is 1.58 bits per heavy atom. The second kappa shape index (κ2) is 7.28. The van der Waals surface area contributed by atoms with Crippen molar-refractivity contribution in [1.29, 1.82) is 0 Å². The van der Waals surface area contributed by atoms with E-state index in [2.05, 4.69) is 15.4 Å². The van der Waals surface area contributed by atoms with Crippen LogP contribution >= 0.6 is 0 Å². The summed E-state index contributed by atoms with van der Waals surface area (Å²) in [5.41, 5.74) is 1.63. The number of phenols is 1. The standard InChI is InChI=1S/C17H16N2O5/c1-10-3-8-13(14(20)9-10)19-16(22)15(21)18-12-6-4-11(5-7-12)17(23)24-2/h3-9,20H,1-2H3,(H,18,21)(H,19,22). The first-order chi connectivity index (χ1) is 11.4. The number of carbonyl (C=O) groups excluding carboxylic acids is 3. The third-order valence-electron chi connectivity index (χ3n) is 3.17. The van der Waals surface area contributed by atoms with E-state index in [1.165, 1.54) is 43.5 Å². The Morgan fingerprint density at radius 3 is 2.17 bits per heavy atom. The van der Waals surface area contributed by atoms with Crippen LogP contribution in [0.5, 0.6) is 5.75 Å². The number of aromatic hydroxyl groups is 1. The van der Waals surface area contributed by atoms with Crippen LogP contribution in [-0.4, -0.2) is 30.0 Å². The molecule has 0 aliphatic heterocycles. The predicted molar refractivity (Wildman–Crippen MR) is 87.9 cm³/mol. The monoisotopic (exact) mass is 328 g/mol. The molecule has 0 spiro atoms. The summed E-state index contributed by atoms with van der Waals surface area (Å²) in [6, 6.07) is 10.5. The third-order valence-corrected chi connectivity index (χ3v) is 3.17. The van der Waals surface area contributed by atoms with E-state index < -0.39 is 17.8 Å². The Labute approximate surface area is 138 Å². The van der Waals surface area contributed by atoms with Crippen molar-refractivity contribution in [2.45, 2.75) is 6.92 Å². The van der Waals surface area contributed by atoms with E-state index in [0.29, 0.717) is 11.3 Å². The van der Waals surface area contributed by atoms with Crippen molar-refractivity contribution < 1.29 is 24.2 Å². The topological polar surface area (TPSA) is 105 Å². The molecule has 3 N–H and O–H groups in total. The highest BCUT2D eigenvalue weighted by Crippen LogP contribution is 2.23. The van der Waals surface area contributed by atoms with Gasteiger partial charge in [0.15, 0.2) is 0 Å². The van der Waals surface area contributed by atoms with E-state index in [9.17, 15) is 19.5 Å². The molecule has 0 heterocycles. The fourth-order valence-electron chi connectivity index (χ4n) is 1.92. The minimum atomic E-state index is -0.925. The molecule has 0 aliphatic rings. The summed E-state index contributed by atoms with van der Waals surface area (Å²) in [6.07, 6.45) is 0. The zero-order valence-corrected chi connectivity index (χ0v) is 13.1. The second-order valence-corrected chi connectivity index (χ2v) is 5.00. The van der Waals surface area contributed by atoms with Gasteiger partial charge in [-0.25, -0.2) is 4.79 Å². The van der Waals surface area contributed by atoms with Crippen molar-refractivity contribution in [3.63, 3.8) is 0 Å². The molecule has 0 saturated heterocycles. The summed E-state index contributed by atoms with van der Waals surface area (Å²) in [5.74, 6) is -2.45. The van der Waals surface area contributed by atoms with Crippen LogP contribution in [0.25, 0.3) is 0 Å². The van der Waals surface area contributed by atoms with Crippen LogP contribution in [0.2, 0.25) is 0 Å². The number of carbonyl (C=O) groups is 3. The molecule has 0 aliphatic carbocycles. The first kappa shape index (κ1) is 17.0. The maximum absolute atomic E-state index is 11.9. The second-order valence-electron chi connectivity index (χ2n) is 5.00. The number of amides is 2. The van der Waals surface area contributed by atoms with Gasteiger partial charge in [0.25, 0.3) is 0 Å². The van der Waals surface area contributed by atoms with E-state index in [4.69, 9.17) is 0 Å². The van der Waals surface area contributed by atoms with Crippen molar-refractivity contribution in [3.8, 4) is 5.75 Å². The number of benzene rings is 2. The summed E-state index contributed by atoms with van der Waals surface area (Å²) in [5, 5.41) is 14.4. The number of phenolic OH excluding ortho intramolecular Hbond substituents is 1. The van der Waals surface area contributed by atoms with Crippen molar-refractivity contribution in [1.82, 2.24) is 0 Å². The van der Waals surface area contributed by atoms with Gasteiger partial charge in [-0.15, -0.1) is 0 Å². The summed E-state index contributed by atoms with van der Waals surface area (Å²) in [6.45, 7) is 1.79. The van der Waals surface area contributed by atoms with Crippen LogP contribution in [0.4, 0.5) is 11.4 Å². The first-order valence-electron chi connectivity index (χ1n) is 7.01. The minimum Gasteiger partial charge on any atom is -0.506 e. The molecule has 2 aromatic carbocycles. The lowest BCUT2D eigenvalue weighted by molar-refractivity contribution is -0.133. The van der Waals surface area contributed by atoms with Gasteiger partial charge in [0.2, 0.25) is 0 Å². The molecular formula is C17H16N2O5. The molecule has 2 aromatic rings. The van der Waals surface area contributed by atoms with Gasteiger partial charge in [-0.1, -0.05) is 6.07 Å². The summed E-state index contributed by atoms with van der Waals surface area (Å²) >= 11 is 0. The van der Waals surface area contributed by atoms with Gasteiger partial charge >= 0.3 is 17.8 Å². The quantitative estimate of drug-likeness (QED) is 0.454. The molecule has 2 amide bonds. The summed E-state index contributed by atoms with van der Waals surface area (Å²) in [4.78, 5) is 35.1. The number of anilines is 2. The van der Waals surface area contributed by atoms with Gasteiger partial charge in [0.05, 0.1) is 18.4 Å². The van der Waals surface area contributed by atoms with Crippen LogP contribution in [0.3, 0.4) is 0 Å². The lowest BCUT2D eigenvalue weighted by Crippen LogP contribution is -2.29. The Hall–Kier alpha value is -3.35. The lowest BCUT2D eigenvalue weighted by atomic mass is 10.2. The van der Waals surface area contributed by atoms with Crippen LogP contribution in [0.15, 0.2) is 42.5 Å². The number of esters is 1. The van der Waals surface area contributed by atoms with E-state index in [0.717, 1.165) is 5.56 Å². The van der Waals surface area contributed by atoms with E-state index in [-0.39, 0.29) is 11.4 Å². The molecule has 0 saturated carbocycles. The van der Waals surface area contributed by atoms with Gasteiger partial charge in [0, 0.05) is 5.69 Å². The SMILES string of the molecule is COC(=O)c1ccc(NC(=O)C(=O)Nc2ccc(C)cc2O)cc1. The van der Waals surface area contributed by atoms with Crippen molar-refractivity contribution in [3.05, 3.63) is 53.6 Å². The smallest absolute Gasteiger partial charge is 0.337 e. The van der Waals surface area contributed by atoms with Gasteiger partial charge in [-0.3, -0.25) is 9.59 Å². The Balaban J connectivity index is 2.01. The molecule has 7 nitrogen and oxygen atoms in total. The number of ether oxygens (including phenoxy) is 1. The molecule has 0 bridgehead atoms. The van der Waals surface area contributed by atoms with Gasteiger partial charge in [0.1, 0.15) is 5.75 Å². The number of methoxy groups -OCH3 is 1. The highest BCUT2D eigenvalue weighted by Gasteiger charge is 2.16. The summed E-state index contributed by atoms with van der Waals surface area (Å²) < 4.78 is 4.57. The molecule has 7 heteroatoms. The number of rotatable bonds is 3. The number of hydrogen-bond acceptors (Lipinski definition) is 5. The molecule has 0 atom stereocenters. The van der Waals surface area contributed by atoms with Gasteiger partial charge in [-0.2, -0.15) is 0 Å². The predicted octanol–water partition coefficient (Wildman–Crippen LogP) is 2.06. The van der Waals surface area contributed by atoms with Crippen LogP contribution < -0.4 is 10.6 Å². The Morgan fingerprint density at radius 1 is 0.958 bits per heavy atom. The highest BCUT2D eigenvalue weighted by atomic mass is 16.5. The Kier molecular flexibility index (Phi) is 5.16. The van der Waals surface area contributed by atoms with Crippen LogP contribution in [0.1, 0.15) is 15.9 Å². The number of hydrogen-bond donors (Lipinski definition) is 3. The Bertz CT molecular complexity index is 784. The van der Waals surface area contributed by atoms with Crippen molar-refractivity contribution in [2.75, 3.05) is 17.7 Å². The van der Waals surface area contributed by atoms with E-state index in [1.54, 1.807) is 13.0 Å². The lowest BCUT2D eigenvalue weighted by Gasteiger charge is -2.09. The zero-order chi connectivity index (χ0) is 17.7. The normalized spacial score (nSPS) is 9.92. The zero-order valence-electron chi connectivity index (χ0n) is 13.1. The summed E-state index contributed by atoms with van der Waals surface area (Å²) in [7, 11) is 1.27.